The van der Waals surface area contributed by atoms with E-state index in [-0.39, 0.29) is 0 Å². The number of hydrogen-bond acceptors (Lipinski definition) is 2. The van der Waals surface area contributed by atoms with Crippen LogP contribution in [0.1, 0.15) is 96.8 Å². The molecule has 2 heteroatoms. The van der Waals surface area contributed by atoms with Crippen molar-refractivity contribution in [1.82, 2.24) is 9.80 Å². The average Bonchev–Trinajstić information content (AvgIpc) is 3.03. The van der Waals surface area contributed by atoms with Gasteiger partial charge in [0.05, 0.1) is 6.67 Å². The summed E-state index contributed by atoms with van der Waals surface area (Å²) in [7, 11) is 0. The van der Waals surface area contributed by atoms with Crippen LogP contribution in [-0.2, 0) is 0 Å². The van der Waals surface area contributed by atoms with Crippen LogP contribution >= 0.6 is 0 Å². The molecule has 1 aliphatic rings. The molecule has 1 aliphatic heterocycles. The highest BCUT2D eigenvalue weighted by atomic mass is 15.3. The van der Waals surface area contributed by atoms with Crippen molar-refractivity contribution in [1.29, 1.82) is 0 Å². The molecule has 0 aromatic heterocycles. The van der Waals surface area contributed by atoms with Gasteiger partial charge in [0.2, 0.25) is 0 Å². The minimum absolute atomic E-state index is 0.988. The molecule has 0 aliphatic carbocycles. The van der Waals surface area contributed by atoms with Crippen molar-refractivity contribution in [3.8, 4) is 0 Å². The summed E-state index contributed by atoms with van der Waals surface area (Å²) in [6.07, 6.45) is 26.2. The second-order valence-electron chi connectivity index (χ2n) is 7.04. The molecule has 2 nitrogen and oxygen atoms in total. The Bertz CT molecular complexity index is 298. The zero-order valence-corrected chi connectivity index (χ0v) is 15.6. The highest BCUT2D eigenvalue weighted by molar-refractivity contribution is 4.94. The number of unbranched alkanes of at least 4 members (excludes halogenated alkanes) is 13. The first kappa shape index (κ1) is 20.1. The Morgan fingerprint density at radius 1 is 0.739 bits per heavy atom. The molecule has 0 bridgehead atoms. The predicted molar refractivity (Wildman–Crippen MR) is 103 cm³/mol. The van der Waals surface area contributed by atoms with Crippen LogP contribution in [0.15, 0.2) is 25.2 Å². The van der Waals surface area contributed by atoms with Crippen molar-refractivity contribution in [2.24, 2.45) is 0 Å². The van der Waals surface area contributed by atoms with E-state index in [2.05, 4.69) is 35.7 Å². The fraction of sp³-hybridized carbons (Fsp3) is 0.810. The summed E-state index contributed by atoms with van der Waals surface area (Å²) in [4.78, 5) is 4.51. The predicted octanol–water partition coefficient (Wildman–Crippen LogP) is 6.66. The second kappa shape index (κ2) is 14.7. The van der Waals surface area contributed by atoms with Gasteiger partial charge in [0.25, 0.3) is 0 Å². The van der Waals surface area contributed by atoms with Crippen LogP contribution < -0.4 is 0 Å². The average molecular weight is 321 g/mol. The second-order valence-corrected chi connectivity index (χ2v) is 7.04. The summed E-state index contributed by atoms with van der Waals surface area (Å²) < 4.78 is 0. The van der Waals surface area contributed by atoms with Crippen molar-refractivity contribution in [3.63, 3.8) is 0 Å². The van der Waals surface area contributed by atoms with Crippen molar-refractivity contribution in [3.05, 3.63) is 25.2 Å². The molecule has 0 fully saturated rings. The monoisotopic (exact) mass is 320 g/mol. The Morgan fingerprint density at radius 2 is 1.22 bits per heavy atom. The van der Waals surface area contributed by atoms with Crippen LogP contribution in [0.25, 0.3) is 0 Å². The molecule has 1 rings (SSSR count). The fourth-order valence-corrected chi connectivity index (χ4v) is 3.26. The van der Waals surface area contributed by atoms with E-state index >= 15 is 0 Å². The van der Waals surface area contributed by atoms with Gasteiger partial charge in [-0.2, -0.15) is 0 Å². The topological polar surface area (TPSA) is 6.48 Å². The first-order valence-electron chi connectivity index (χ1n) is 10.2. The van der Waals surface area contributed by atoms with Gasteiger partial charge in [-0.1, -0.05) is 97.0 Å². The van der Waals surface area contributed by atoms with Gasteiger partial charge in [-0.05, 0) is 12.6 Å². The van der Waals surface area contributed by atoms with E-state index in [1.807, 2.05) is 6.20 Å². The maximum absolute atomic E-state index is 3.80. The van der Waals surface area contributed by atoms with Crippen LogP contribution in [0.2, 0.25) is 0 Å². The van der Waals surface area contributed by atoms with Crippen LogP contribution in [-0.4, -0.2) is 23.0 Å². The Labute approximate surface area is 145 Å². The van der Waals surface area contributed by atoms with E-state index in [1.54, 1.807) is 0 Å². The lowest BCUT2D eigenvalue weighted by Crippen LogP contribution is -2.22. The van der Waals surface area contributed by atoms with Gasteiger partial charge in [-0.25, -0.2) is 0 Å². The van der Waals surface area contributed by atoms with Gasteiger partial charge in [0, 0.05) is 18.9 Å². The van der Waals surface area contributed by atoms with Gasteiger partial charge < -0.3 is 9.80 Å². The molecule has 0 unspecified atom stereocenters. The molecule has 134 valence electrons. The van der Waals surface area contributed by atoms with Gasteiger partial charge in [-0.3, -0.25) is 0 Å². The van der Waals surface area contributed by atoms with Crippen LogP contribution in [0, 0.1) is 0 Å². The third-order valence-electron chi connectivity index (χ3n) is 4.85. The molecule has 0 spiro atoms. The Balaban J connectivity index is 1.72. The summed E-state index contributed by atoms with van der Waals surface area (Å²) in [6, 6.07) is 0. The molecule has 1 heterocycles. The quantitative estimate of drug-likeness (QED) is 0.293. The lowest BCUT2D eigenvalue weighted by molar-refractivity contribution is 0.307. The lowest BCUT2D eigenvalue weighted by atomic mass is 10.0. The molecule has 0 saturated carbocycles. The van der Waals surface area contributed by atoms with Crippen molar-refractivity contribution in [2.45, 2.75) is 96.8 Å². The summed E-state index contributed by atoms with van der Waals surface area (Å²) in [5.74, 6) is 0. The fourth-order valence-electron chi connectivity index (χ4n) is 3.26. The smallest absolute Gasteiger partial charge is 0.0935 e. The zero-order valence-electron chi connectivity index (χ0n) is 15.6. The first-order chi connectivity index (χ1) is 11.4. The normalized spacial score (nSPS) is 14.0. The van der Waals surface area contributed by atoms with Crippen LogP contribution in [0.5, 0.6) is 0 Å². The lowest BCUT2D eigenvalue weighted by Gasteiger charge is -2.18. The van der Waals surface area contributed by atoms with Crippen molar-refractivity contribution >= 4 is 0 Å². The number of rotatable bonds is 16. The summed E-state index contributed by atoms with van der Waals surface area (Å²) >= 11 is 0. The van der Waals surface area contributed by atoms with Crippen molar-refractivity contribution in [2.75, 3.05) is 13.2 Å². The maximum Gasteiger partial charge on any atom is 0.0935 e. The molecule has 0 N–H and O–H groups in total. The Kier molecular flexibility index (Phi) is 12.8. The van der Waals surface area contributed by atoms with Crippen molar-refractivity contribution < 1.29 is 0 Å². The minimum atomic E-state index is 0.988. The van der Waals surface area contributed by atoms with Gasteiger partial charge >= 0.3 is 0 Å². The highest BCUT2D eigenvalue weighted by Gasteiger charge is 2.08. The Hall–Kier alpha value is -0.920. The summed E-state index contributed by atoms with van der Waals surface area (Å²) in [6.45, 7) is 8.27. The van der Waals surface area contributed by atoms with E-state index < -0.39 is 0 Å². The third-order valence-corrected chi connectivity index (χ3v) is 4.85. The molecule has 0 aromatic rings. The molecule has 0 aromatic carbocycles. The standard InChI is InChI=1S/C21H40N2/c1-3-5-6-7-8-9-10-11-12-13-14-15-16-17-18-23-20-19-22(4-2)21-23/h4,19-20H,2-3,5-18,21H2,1H3. The molecular weight excluding hydrogens is 280 g/mol. The van der Waals surface area contributed by atoms with Crippen LogP contribution in [0.4, 0.5) is 0 Å². The molecular formula is C21H40N2. The number of hydrogen-bond donors (Lipinski definition) is 0. The van der Waals surface area contributed by atoms with Gasteiger partial charge in [-0.15, -0.1) is 0 Å². The number of nitrogens with zero attached hydrogens (tertiary/aromatic N) is 2. The van der Waals surface area contributed by atoms with Gasteiger partial charge in [0.15, 0.2) is 0 Å². The zero-order chi connectivity index (χ0) is 16.6. The molecule has 0 atom stereocenters. The Morgan fingerprint density at radius 3 is 1.65 bits per heavy atom. The SMILES string of the molecule is C=CN1C=CN(CCCCCCCCCCCCCCCC)C1. The molecule has 23 heavy (non-hydrogen) atoms. The summed E-state index contributed by atoms with van der Waals surface area (Å²) in [5.41, 5.74) is 0. The van der Waals surface area contributed by atoms with E-state index in [4.69, 9.17) is 0 Å². The largest absolute Gasteiger partial charge is 0.358 e. The molecule has 0 amide bonds. The minimum Gasteiger partial charge on any atom is -0.358 e. The maximum atomic E-state index is 3.80. The molecule has 0 saturated heterocycles. The van der Waals surface area contributed by atoms with E-state index in [0.717, 1.165) is 6.67 Å². The first-order valence-corrected chi connectivity index (χ1v) is 10.2. The van der Waals surface area contributed by atoms with E-state index in [9.17, 15) is 0 Å². The third kappa shape index (κ3) is 11.3. The highest BCUT2D eigenvalue weighted by Crippen LogP contribution is 2.13. The van der Waals surface area contributed by atoms with E-state index in [0.29, 0.717) is 0 Å². The summed E-state index contributed by atoms with van der Waals surface area (Å²) in [5, 5.41) is 0. The molecule has 0 radical (unpaired) electrons. The van der Waals surface area contributed by atoms with Gasteiger partial charge in [0.1, 0.15) is 0 Å². The van der Waals surface area contributed by atoms with E-state index in [1.165, 1.54) is 96.4 Å². The van der Waals surface area contributed by atoms with Crippen LogP contribution in [0.3, 0.4) is 0 Å².